The summed E-state index contributed by atoms with van der Waals surface area (Å²) in [5.41, 5.74) is 7.53. The largest absolute Gasteiger partial charge is 0.378 e. The zero-order valence-electron chi connectivity index (χ0n) is 9.13. The Kier molecular flexibility index (Phi) is 3.30. The first-order chi connectivity index (χ1) is 8.25. The van der Waals surface area contributed by atoms with E-state index in [0.29, 0.717) is 12.1 Å². The lowest BCUT2D eigenvalue weighted by molar-refractivity contribution is 0.1000. The van der Waals surface area contributed by atoms with Crippen molar-refractivity contribution in [2.75, 3.05) is 5.32 Å². The SMILES string of the molecule is NC(=O)c1cccc(CNc2cncnc2)c1. The topological polar surface area (TPSA) is 80.9 Å². The Labute approximate surface area is 98.7 Å². The fourth-order valence-electron chi connectivity index (χ4n) is 1.43. The number of benzene rings is 1. The molecule has 2 aromatic rings. The van der Waals surface area contributed by atoms with E-state index in [1.807, 2.05) is 6.07 Å². The lowest BCUT2D eigenvalue weighted by atomic mass is 10.1. The molecule has 17 heavy (non-hydrogen) atoms. The maximum atomic E-state index is 11.0. The number of nitrogens with zero attached hydrogens (tertiary/aromatic N) is 2. The predicted octanol–water partition coefficient (Wildman–Crippen LogP) is 1.19. The molecule has 1 heterocycles. The van der Waals surface area contributed by atoms with Crippen LogP contribution in [0.3, 0.4) is 0 Å². The number of anilines is 1. The Morgan fingerprint density at radius 1 is 1.29 bits per heavy atom. The van der Waals surface area contributed by atoms with E-state index >= 15 is 0 Å². The lowest BCUT2D eigenvalue weighted by Crippen LogP contribution is -2.11. The van der Waals surface area contributed by atoms with Gasteiger partial charge in [0.15, 0.2) is 0 Å². The number of hydrogen-bond donors (Lipinski definition) is 2. The minimum atomic E-state index is -0.421. The van der Waals surface area contributed by atoms with Crippen molar-refractivity contribution >= 4 is 11.6 Å². The highest BCUT2D eigenvalue weighted by Crippen LogP contribution is 2.08. The maximum Gasteiger partial charge on any atom is 0.248 e. The molecular formula is C12H12N4O. The molecule has 1 amide bonds. The molecule has 5 nitrogen and oxygen atoms in total. The first-order valence-corrected chi connectivity index (χ1v) is 5.13. The molecule has 0 saturated carbocycles. The van der Waals surface area contributed by atoms with Crippen LogP contribution in [0.5, 0.6) is 0 Å². The van der Waals surface area contributed by atoms with Gasteiger partial charge in [-0.1, -0.05) is 12.1 Å². The third-order valence-corrected chi connectivity index (χ3v) is 2.27. The summed E-state index contributed by atoms with van der Waals surface area (Å²) in [5, 5.41) is 3.15. The van der Waals surface area contributed by atoms with Gasteiger partial charge in [0, 0.05) is 12.1 Å². The number of nitrogens with two attached hydrogens (primary N) is 1. The minimum absolute atomic E-state index is 0.421. The number of carbonyl (C=O) groups is 1. The van der Waals surface area contributed by atoms with Crippen LogP contribution in [0.25, 0.3) is 0 Å². The van der Waals surface area contributed by atoms with E-state index in [9.17, 15) is 4.79 Å². The van der Waals surface area contributed by atoms with Crippen molar-refractivity contribution in [2.24, 2.45) is 5.73 Å². The second-order valence-electron chi connectivity index (χ2n) is 3.55. The Morgan fingerprint density at radius 2 is 2.06 bits per heavy atom. The van der Waals surface area contributed by atoms with Gasteiger partial charge in [-0.15, -0.1) is 0 Å². The number of carbonyl (C=O) groups excluding carboxylic acids is 1. The number of nitrogens with one attached hydrogen (secondary N) is 1. The summed E-state index contributed by atoms with van der Waals surface area (Å²) in [6, 6.07) is 7.18. The molecule has 0 fully saturated rings. The van der Waals surface area contributed by atoms with E-state index in [4.69, 9.17) is 5.73 Å². The minimum Gasteiger partial charge on any atom is -0.378 e. The van der Waals surface area contributed by atoms with Crippen molar-refractivity contribution < 1.29 is 4.79 Å². The second kappa shape index (κ2) is 5.07. The third kappa shape index (κ3) is 3.01. The molecule has 0 unspecified atom stereocenters. The number of aromatic nitrogens is 2. The molecule has 0 aliphatic carbocycles. The summed E-state index contributed by atoms with van der Waals surface area (Å²) in [7, 11) is 0. The fourth-order valence-corrected chi connectivity index (χ4v) is 1.43. The fraction of sp³-hybridized carbons (Fsp3) is 0.0833. The highest BCUT2D eigenvalue weighted by molar-refractivity contribution is 5.92. The summed E-state index contributed by atoms with van der Waals surface area (Å²) in [6.45, 7) is 0.592. The molecule has 1 aromatic carbocycles. The van der Waals surface area contributed by atoms with Gasteiger partial charge in [0.05, 0.1) is 18.1 Å². The number of primary amides is 1. The van der Waals surface area contributed by atoms with Crippen molar-refractivity contribution in [1.82, 2.24) is 9.97 Å². The molecule has 0 bridgehead atoms. The molecule has 0 saturated heterocycles. The van der Waals surface area contributed by atoms with Crippen molar-refractivity contribution in [3.05, 3.63) is 54.1 Å². The molecule has 0 atom stereocenters. The van der Waals surface area contributed by atoms with Crippen LogP contribution in [-0.2, 0) is 6.54 Å². The van der Waals surface area contributed by atoms with E-state index in [2.05, 4.69) is 15.3 Å². The smallest absolute Gasteiger partial charge is 0.248 e. The van der Waals surface area contributed by atoms with Gasteiger partial charge in [-0.2, -0.15) is 0 Å². The highest BCUT2D eigenvalue weighted by Gasteiger charge is 2.01. The molecular weight excluding hydrogens is 216 g/mol. The maximum absolute atomic E-state index is 11.0. The first kappa shape index (κ1) is 11.1. The Hall–Kier alpha value is -2.43. The van der Waals surface area contributed by atoms with Gasteiger partial charge >= 0.3 is 0 Å². The van der Waals surface area contributed by atoms with E-state index < -0.39 is 5.91 Å². The molecule has 0 aliphatic heterocycles. The normalized spacial score (nSPS) is 9.88. The van der Waals surface area contributed by atoms with Gasteiger partial charge in [0.1, 0.15) is 6.33 Å². The lowest BCUT2D eigenvalue weighted by Gasteiger charge is -2.06. The number of rotatable bonds is 4. The van der Waals surface area contributed by atoms with Gasteiger partial charge in [0.2, 0.25) is 5.91 Å². The van der Waals surface area contributed by atoms with Gasteiger partial charge in [-0.05, 0) is 17.7 Å². The monoisotopic (exact) mass is 228 g/mol. The number of hydrogen-bond acceptors (Lipinski definition) is 4. The molecule has 2 rings (SSSR count). The van der Waals surface area contributed by atoms with Gasteiger partial charge in [-0.3, -0.25) is 4.79 Å². The zero-order chi connectivity index (χ0) is 12.1. The molecule has 0 radical (unpaired) electrons. The van der Waals surface area contributed by atoms with Crippen molar-refractivity contribution in [1.29, 1.82) is 0 Å². The summed E-state index contributed by atoms with van der Waals surface area (Å²) >= 11 is 0. The highest BCUT2D eigenvalue weighted by atomic mass is 16.1. The average Bonchev–Trinajstić information content (AvgIpc) is 2.38. The van der Waals surface area contributed by atoms with Crippen molar-refractivity contribution in [2.45, 2.75) is 6.54 Å². The summed E-state index contributed by atoms with van der Waals surface area (Å²) in [5.74, 6) is -0.421. The van der Waals surface area contributed by atoms with Gasteiger partial charge < -0.3 is 11.1 Å². The van der Waals surface area contributed by atoms with Crippen LogP contribution in [-0.4, -0.2) is 15.9 Å². The van der Waals surface area contributed by atoms with Crippen molar-refractivity contribution in [3.8, 4) is 0 Å². The van der Waals surface area contributed by atoms with E-state index in [1.165, 1.54) is 6.33 Å². The van der Waals surface area contributed by atoms with Crippen LogP contribution in [0.4, 0.5) is 5.69 Å². The third-order valence-electron chi connectivity index (χ3n) is 2.27. The van der Waals surface area contributed by atoms with E-state index in [1.54, 1.807) is 30.6 Å². The van der Waals surface area contributed by atoms with Gasteiger partial charge in [0.25, 0.3) is 0 Å². The summed E-state index contributed by atoms with van der Waals surface area (Å²) in [4.78, 5) is 18.8. The zero-order valence-corrected chi connectivity index (χ0v) is 9.13. The Bertz CT molecular complexity index is 513. The predicted molar refractivity (Wildman–Crippen MR) is 64.3 cm³/mol. The van der Waals surface area contributed by atoms with E-state index in [0.717, 1.165) is 11.3 Å². The molecule has 0 spiro atoms. The van der Waals surface area contributed by atoms with Gasteiger partial charge in [-0.25, -0.2) is 9.97 Å². The summed E-state index contributed by atoms with van der Waals surface area (Å²) < 4.78 is 0. The molecule has 0 aliphatic rings. The molecule has 5 heteroatoms. The number of amides is 1. The molecule has 86 valence electrons. The van der Waals surface area contributed by atoms with Crippen LogP contribution < -0.4 is 11.1 Å². The average molecular weight is 228 g/mol. The van der Waals surface area contributed by atoms with E-state index in [-0.39, 0.29) is 0 Å². The summed E-state index contributed by atoms with van der Waals surface area (Å²) in [6.07, 6.45) is 4.84. The quantitative estimate of drug-likeness (QED) is 0.823. The Morgan fingerprint density at radius 3 is 2.76 bits per heavy atom. The molecule has 3 N–H and O–H groups in total. The standard InChI is InChI=1S/C12H12N4O/c13-12(17)10-3-1-2-9(4-10)5-16-11-6-14-8-15-7-11/h1-4,6-8,16H,5H2,(H2,13,17). The van der Waals surface area contributed by atoms with Crippen LogP contribution >= 0.6 is 0 Å². The van der Waals surface area contributed by atoms with Crippen LogP contribution in [0.1, 0.15) is 15.9 Å². The van der Waals surface area contributed by atoms with Crippen LogP contribution in [0.15, 0.2) is 43.0 Å². The van der Waals surface area contributed by atoms with Crippen molar-refractivity contribution in [3.63, 3.8) is 0 Å². The second-order valence-corrected chi connectivity index (χ2v) is 3.55. The van der Waals surface area contributed by atoms with Crippen LogP contribution in [0.2, 0.25) is 0 Å². The molecule has 1 aromatic heterocycles. The first-order valence-electron chi connectivity index (χ1n) is 5.13. The Balaban J connectivity index is 2.04. The van der Waals surface area contributed by atoms with Crippen LogP contribution in [0, 0.1) is 0 Å².